The molecular weight excluding hydrogens is 763 g/mol. The molecule has 2 aliphatic heterocycles. The van der Waals surface area contributed by atoms with Gasteiger partial charge in [0.15, 0.2) is 0 Å². The average Bonchev–Trinajstić information content (AvgIpc) is 3.78. The molecule has 3 aromatic carbocycles. The van der Waals surface area contributed by atoms with Gasteiger partial charge in [0.1, 0.15) is 17.1 Å². The number of hydrogen-bond donors (Lipinski definition) is 1. The number of aryl methyl sites for hydroxylation is 6. The van der Waals surface area contributed by atoms with Crippen molar-refractivity contribution in [2.75, 3.05) is 44.4 Å². The Hall–Kier alpha value is -4.81. The molecule has 13 heteroatoms. The van der Waals surface area contributed by atoms with Crippen LogP contribution in [0.3, 0.4) is 0 Å². The number of halogens is 2. The van der Waals surface area contributed by atoms with E-state index in [4.69, 9.17) is 37.8 Å². The van der Waals surface area contributed by atoms with Gasteiger partial charge in [0, 0.05) is 78.9 Å². The molecular formula is C44H48Cl2N6O5. The Morgan fingerprint density at radius 1 is 0.982 bits per heavy atom. The molecule has 0 spiro atoms. The summed E-state index contributed by atoms with van der Waals surface area (Å²) in [6.07, 6.45) is 1.22. The lowest BCUT2D eigenvalue weighted by molar-refractivity contribution is 0.0342. The lowest BCUT2D eigenvalue weighted by atomic mass is 9.98. The summed E-state index contributed by atoms with van der Waals surface area (Å²) in [6.45, 7) is 14.5. The Bertz CT molecular complexity index is 2570. The number of carbonyl (C=O) groups excluding carboxylic acids is 1. The summed E-state index contributed by atoms with van der Waals surface area (Å²) in [6, 6.07) is 13.5. The number of anilines is 1. The van der Waals surface area contributed by atoms with Gasteiger partial charge in [0.2, 0.25) is 0 Å². The Balaban J connectivity index is 1.28. The first-order valence-electron chi connectivity index (χ1n) is 19.5. The van der Waals surface area contributed by atoms with Crippen LogP contribution in [0.1, 0.15) is 74.0 Å². The number of rotatable bonds is 10. The van der Waals surface area contributed by atoms with Crippen LogP contribution in [0.15, 0.2) is 42.5 Å². The van der Waals surface area contributed by atoms with Gasteiger partial charge in [-0.3, -0.25) is 14.4 Å². The topological polar surface area (TPSA) is 107 Å². The molecule has 1 atom stereocenters. The van der Waals surface area contributed by atoms with E-state index in [0.29, 0.717) is 67.7 Å². The summed E-state index contributed by atoms with van der Waals surface area (Å²) in [7, 11) is 3.69. The second kappa shape index (κ2) is 15.2. The highest BCUT2D eigenvalue weighted by atomic mass is 35.5. The fraction of sp³-hybridized carbons (Fsp3) is 0.386. The van der Waals surface area contributed by atoms with Gasteiger partial charge in [0.25, 0.3) is 5.91 Å². The average molecular weight is 812 g/mol. The second-order valence-corrected chi connectivity index (χ2v) is 16.4. The van der Waals surface area contributed by atoms with Crippen LogP contribution in [0.25, 0.3) is 32.9 Å². The summed E-state index contributed by atoms with van der Waals surface area (Å²) in [5.41, 5.74) is 10.6. The molecule has 1 saturated heterocycles. The van der Waals surface area contributed by atoms with Crippen LogP contribution >= 0.6 is 23.2 Å². The van der Waals surface area contributed by atoms with E-state index in [9.17, 15) is 9.90 Å². The number of fused-ring (bicyclic) bond motifs is 4. The fourth-order valence-electron chi connectivity index (χ4n) is 9.00. The summed E-state index contributed by atoms with van der Waals surface area (Å²) >= 11 is 13.6. The minimum Gasteiger partial charge on any atom is -0.494 e. The molecule has 11 nitrogen and oxygen atoms in total. The lowest BCUT2D eigenvalue weighted by Gasteiger charge is -2.35. The number of aromatic nitrogens is 4. The lowest BCUT2D eigenvalue weighted by Crippen LogP contribution is -2.43. The number of nitrogens with zero attached hydrogens (tertiary/aromatic N) is 6. The third-order valence-electron chi connectivity index (χ3n) is 11.8. The van der Waals surface area contributed by atoms with Gasteiger partial charge >= 0.3 is 5.97 Å². The van der Waals surface area contributed by atoms with Crippen molar-refractivity contribution in [1.82, 2.24) is 23.8 Å². The third-order valence-corrected chi connectivity index (χ3v) is 12.7. The standard InChI is InChI=1S/C44H48Cl2N6O5/c1-24-17-31(18-25(2)39(24)46)57-14-8-9-32-33-10-11-34(45)38(37-27(4)47-49(7)28(37)5)41(33)52-26(3)22-51(43(53)42(32)52)35-20-29(23-50-12-15-56-16-13-50)19-30-21-36(44(54)55)48(6)40(30)35/h10-11,17-21,26H,8-9,12-16,22-23H2,1-7H3,(H,54,55). The molecule has 57 heavy (non-hydrogen) atoms. The summed E-state index contributed by atoms with van der Waals surface area (Å²) < 4.78 is 17.6. The molecule has 298 valence electrons. The number of hydrogen-bond acceptors (Lipinski definition) is 6. The maximum Gasteiger partial charge on any atom is 0.352 e. The molecule has 0 aliphatic carbocycles. The number of carboxylic acids is 1. The molecule has 2 aliphatic rings. The number of morpholine rings is 1. The summed E-state index contributed by atoms with van der Waals surface area (Å²) in [4.78, 5) is 32.1. The zero-order valence-corrected chi connectivity index (χ0v) is 35.0. The normalized spacial score (nSPS) is 16.3. The van der Waals surface area contributed by atoms with E-state index in [1.54, 1.807) is 17.7 Å². The monoisotopic (exact) mass is 810 g/mol. The smallest absolute Gasteiger partial charge is 0.352 e. The maximum atomic E-state index is 15.4. The van der Waals surface area contributed by atoms with Crippen LogP contribution in [0.4, 0.5) is 5.69 Å². The van der Waals surface area contributed by atoms with Crippen LogP contribution in [0.2, 0.25) is 10.0 Å². The largest absolute Gasteiger partial charge is 0.494 e. The van der Waals surface area contributed by atoms with Crippen molar-refractivity contribution in [2.24, 2.45) is 14.1 Å². The third kappa shape index (κ3) is 6.78. The fourth-order valence-corrected chi connectivity index (χ4v) is 9.35. The number of ether oxygens (including phenoxy) is 2. The van der Waals surface area contributed by atoms with Gasteiger partial charge < -0.3 is 28.6 Å². The number of carbonyl (C=O) groups is 2. The van der Waals surface area contributed by atoms with Crippen molar-refractivity contribution in [3.8, 4) is 16.9 Å². The maximum absolute atomic E-state index is 15.4. The van der Waals surface area contributed by atoms with E-state index in [1.165, 1.54) is 0 Å². The van der Waals surface area contributed by atoms with Crippen molar-refractivity contribution >= 4 is 62.6 Å². The molecule has 1 amide bonds. The number of carboxylic acid groups (broad SMARTS) is 1. The minimum absolute atomic E-state index is 0.145. The predicted molar refractivity (Wildman–Crippen MR) is 226 cm³/mol. The molecule has 1 N–H and O–H groups in total. The van der Waals surface area contributed by atoms with Crippen molar-refractivity contribution in [3.63, 3.8) is 0 Å². The van der Waals surface area contributed by atoms with Crippen LogP contribution < -0.4 is 9.64 Å². The summed E-state index contributed by atoms with van der Waals surface area (Å²) in [5, 5.41) is 18.0. The van der Waals surface area contributed by atoms with Gasteiger partial charge in [-0.15, -0.1) is 0 Å². The summed E-state index contributed by atoms with van der Waals surface area (Å²) in [5.74, 6) is -0.407. The molecule has 1 fully saturated rings. The Morgan fingerprint density at radius 2 is 1.70 bits per heavy atom. The van der Waals surface area contributed by atoms with Crippen LogP contribution in [0.5, 0.6) is 5.75 Å². The van der Waals surface area contributed by atoms with Gasteiger partial charge in [-0.2, -0.15) is 5.10 Å². The molecule has 0 bridgehead atoms. The predicted octanol–water partition coefficient (Wildman–Crippen LogP) is 8.84. The molecule has 1 unspecified atom stereocenters. The Morgan fingerprint density at radius 3 is 2.37 bits per heavy atom. The highest BCUT2D eigenvalue weighted by molar-refractivity contribution is 6.35. The van der Waals surface area contributed by atoms with E-state index in [2.05, 4.69) is 28.5 Å². The van der Waals surface area contributed by atoms with Gasteiger partial charge in [-0.1, -0.05) is 29.3 Å². The molecule has 0 saturated carbocycles. The molecule has 0 radical (unpaired) electrons. The van der Waals surface area contributed by atoms with Gasteiger partial charge in [0.05, 0.1) is 47.3 Å². The van der Waals surface area contributed by atoms with Crippen molar-refractivity contribution < 1.29 is 24.2 Å². The number of amides is 1. The first-order valence-corrected chi connectivity index (χ1v) is 20.2. The quantitative estimate of drug-likeness (QED) is 0.138. The molecule has 3 aromatic heterocycles. The van der Waals surface area contributed by atoms with Crippen molar-refractivity contribution in [3.05, 3.63) is 97.5 Å². The van der Waals surface area contributed by atoms with Gasteiger partial charge in [-0.05, 0) is 106 Å². The van der Waals surface area contributed by atoms with Crippen molar-refractivity contribution in [2.45, 2.75) is 60.0 Å². The van der Waals surface area contributed by atoms with Crippen LogP contribution in [0, 0.1) is 27.7 Å². The zero-order valence-electron chi connectivity index (χ0n) is 33.5. The van der Waals surface area contributed by atoms with Crippen molar-refractivity contribution in [1.29, 1.82) is 0 Å². The molecule has 8 rings (SSSR count). The zero-order chi connectivity index (χ0) is 40.4. The van der Waals surface area contributed by atoms with E-state index >= 15 is 4.79 Å². The number of benzene rings is 3. The van der Waals surface area contributed by atoms with E-state index in [0.717, 1.165) is 84.9 Å². The SMILES string of the molecule is Cc1cc(OCCCc2c3n(c4c(-c5c(C)nn(C)c5C)c(Cl)ccc24)C(C)CN(c2cc(CN4CCOCC4)cc4cc(C(=O)O)n(C)c24)C3=O)cc(C)c1Cl. The second-order valence-electron chi connectivity index (χ2n) is 15.6. The molecule has 6 aromatic rings. The highest BCUT2D eigenvalue weighted by Gasteiger charge is 2.38. The highest BCUT2D eigenvalue weighted by Crippen LogP contribution is 2.46. The van der Waals surface area contributed by atoms with E-state index in [-0.39, 0.29) is 17.6 Å². The first kappa shape index (κ1) is 39.0. The minimum atomic E-state index is -1.02. The van der Waals surface area contributed by atoms with Gasteiger partial charge in [-0.25, -0.2) is 4.79 Å². The van der Waals surface area contributed by atoms with Crippen LogP contribution in [-0.2, 0) is 31.8 Å². The van der Waals surface area contributed by atoms with E-state index in [1.807, 2.05) is 68.6 Å². The molecule has 5 heterocycles. The number of aromatic carboxylic acids is 1. The Kier molecular flexibility index (Phi) is 10.4. The van der Waals surface area contributed by atoms with Crippen LogP contribution in [-0.4, -0.2) is 80.3 Å². The Labute approximate surface area is 342 Å². The first-order chi connectivity index (χ1) is 27.2. The van der Waals surface area contributed by atoms with E-state index < -0.39 is 5.97 Å².